The standard InChI is InChI=1S/C16H19N3OS2/c1-10-6-8-12(9-7-10)19-14(17)13(22-16(19)21)15(20)18-11-4-2-3-5-11/h6-9,11H,2-5,17H2,1H3,(H,18,20). The smallest absolute Gasteiger partial charge is 0.265 e. The van der Waals surface area contributed by atoms with Crippen molar-refractivity contribution in [2.24, 2.45) is 0 Å². The van der Waals surface area contributed by atoms with E-state index in [-0.39, 0.29) is 11.9 Å². The number of thiazole rings is 1. The van der Waals surface area contributed by atoms with Crippen molar-refractivity contribution in [2.45, 2.75) is 38.6 Å². The second kappa shape index (κ2) is 6.22. The lowest BCUT2D eigenvalue weighted by molar-refractivity contribution is 0.0942. The number of nitrogens with two attached hydrogens (primary N) is 1. The highest BCUT2D eigenvalue weighted by Gasteiger charge is 2.22. The third-order valence-corrected chi connectivity index (χ3v) is 5.42. The Labute approximate surface area is 139 Å². The van der Waals surface area contributed by atoms with Gasteiger partial charge in [-0.25, -0.2) is 0 Å². The largest absolute Gasteiger partial charge is 0.383 e. The quantitative estimate of drug-likeness (QED) is 0.839. The van der Waals surface area contributed by atoms with Crippen molar-refractivity contribution in [1.82, 2.24) is 9.88 Å². The van der Waals surface area contributed by atoms with Gasteiger partial charge in [0.2, 0.25) is 0 Å². The monoisotopic (exact) mass is 333 g/mol. The molecule has 1 aliphatic carbocycles. The summed E-state index contributed by atoms with van der Waals surface area (Å²) < 4.78 is 2.36. The van der Waals surface area contributed by atoms with Gasteiger partial charge in [-0.15, -0.1) is 0 Å². The summed E-state index contributed by atoms with van der Waals surface area (Å²) in [6.07, 6.45) is 4.46. The first-order valence-electron chi connectivity index (χ1n) is 7.45. The molecule has 1 heterocycles. The van der Waals surface area contributed by atoms with Gasteiger partial charge in [0.05, 0.1) is 0 Å². The number of nitrogens with one attached hydrogen (secondary N) is 1. The summed E-state index contributed by atoms with van der Waals surface area (Å²) >= 11 is 6.67. The van der Waals surface area contributed by atoms with Crippen LogP contribution in [0.15, 0.2) is 24.3 Å². The summed E-state index contributed by atoms with van der Waals surface area (Å²) in [6, 6.07) is 8.22. The Balaban J connectivity index is 1.91. The van der Waals surface area contributed by atoms with Gasteiger partial charge >= 0.3 is 0 Å². The van der Waals surface area contributed by atoms with Crippen LogP contribution in [0.25, 0.3) is 5.69 Å². The van der Waals surface area contributed by atoms with Crippen molar-refractivity contribution < 1.29 is 4.79 Å². The third-order valence-electron chi connectivity index (χ3n) is 4.03. The minimum absolute atomic E-state index is 0.105. The van der Waals surface area contributed by atoms with E-state index in [1.807, 2.05) is 31.2 Å². The molecule has 1 aromatic heterocycles. The van der Waals surface area contributed by atoms with Crippen LogP contribution in [0.5, 0.6) is 0 Å². The van der Waals surface area contributed by atoms with Crippen molar-refractivity contribution in [3.63, 3.8) is 0 Å². The van der Waals surface area contributed by atoms with Crippen LogP contribution < -0.4 is 11.1 Å². The molecule has 0 aliphatic heterocycles. The normalized spacial score (nSPS) is 15.1. The number of nitrogens with zero attached hydrogens (tertiary/aromatic N) is 1. The maximum Gasteiger partial charge on any atom is 0.265 e. The first-order chi connectivity index (χ1) is 10.6. The van der Waals surface area contributed by atoms with Gasteiger partial charge < -0.3 is 11.1 Å². The zero-order valence-electron chi connectivity index (χ0n) is 12.5. The molecule has 0 radical (unpaired) electrons. The molecule has 1 amide bonds. The van der Waals surface area contributed by atoms with E-state index in [4.69, 9.17) is 18.0 Å². The average Bonchev–Trinajstić information content (AvgIpc) is 3.09. The maximum atomic E-state index is 12.4. The average molecular weight is 333 g/mol. The number of nitrogen functional groups attached to an aromatic ring is 1. The Morgan fingerprint density at radius 2 is 1.95 bits per heavy atom. The van der Waals surface area contributed by atoms with E-state index in [9.17, 15) is 4.79 Å². The molecule has 0 spiro atoms. The van der Waals surface area contributed by atoms with E-state index < -0.39 is 0 Å². The molecule has 3 rings (SSSR count). The van der Waals surface area contributed by atoms with Crippen molar-refractivity contribution >= 4 is 35.3 Å². The number of amides is 1. The Morgan fingerprint density at radius 1 is 1.32 bits per heavy atom. The molecule has 1 fully saturated rings. The molecule has 0 unspecified atom stereocenters. The number of carbonyl (C=O) groups excluding carboxylic acids is 1. The highest BCUT2D eigenvalue weighted by atomic mass is 32.1. The number of aromatic nitrogens is 1. The molecule has 4 nitrogen and oxygen atoms in total. The summed E-state index contributed by atoms with van der Waals surface area (Å²) in [6.45, 7) is 2.03. The molecule has 3 N–H and O–H groups in total. The van der Waals surface area contributed by atoms with Crippen molar-refractivity contribution in [2.75, 3.05) is 5.73 Å². The van der Waals surface area contributed by atoms with E-state index >= 15 is 0 Å². The lowest BCUT2D eigenvalue weighted by Gasteiger charge is -2.11. The molecule has 0 atom stereocenters. The Kier molecular flexibility index (Phi) is 4.31. The zero-order chi connectivity index (χ0) is 15.7. The molecule has 1 aliphatic rings. The molecule has 2 aromatic rings. The van der Waals surface area contributed by atoms with Crippen LogP contribution >= 0.6 is 23.6 Å². The fraction of sp³-hybridized carbons (Fsp3) is 0.375. The summed E-state index contributed by atoms with van der Waals surface area (Å²) in [7, 11) is 0. The highest BCUT2D eigenvalue weighted by molar-refractivity contribution is 7.73. The molecule has 1 aromatic carbocycles. The summed E-state index contributed by atoms with van der Waals surface area (Å²) in [5.41, 5.74) is 8.26. The number of rotatable bonds is 3. The van der Waals surface area contributed by atoms with Crippen LogP contribution in [-0.2, 0) is 0 Å². The topological polar surface area (TPSA) is 60.0 Å². The molecule has 1 saturated carbocycles. The zero-order valence-corrected chi connectivity index (χ0v) is 14.1. The van der Waals surface area contributed by atoms with Gasteiger partial charge in [-0.3, -0.25) is 9.36 Å². The van der Waals surface area contributed by atoms with Crippen LogP contribution in [0.3, 0.4) is 0 Å². The van der Waals surface area contributed by atoms with E-state index in [1.165, 1.54) is 29.7 Å². The van der Waals surface area contributed by atoms with Crippen molar-refractivity contribution in [3.8, 4) is 5.69 Å². The van der Waals surface area contributed by atoms with Gasteiger partial charge in [-0.2, -0.15) is 0 Å². The number of hydrogen-bond donors (Lipinski definition) is 2. The summed E-state index contributed by atoms with van der Waals surface area (Å²) in [5, 5.41) is 3.07. The predicted octanol–water partition coefficient (Wildman–Crippen LogP) is 3.83. The van der Waals surface area contributed by atoms with Gasteiger partial charge in [0.1, 0.15) is 10.7 Å². The van der Waals surface area contributed by atoms with Crippen LogP contribution in [0.1, 0.15) is 40.9 Å². The van der Waals surface area contributed by atoms with Crippen molar-refractivity contribution in [1.29, 1.82) is 0 Å². The Bertz CT molecular complexity index is 740. The van der Waals surface area contributed by atoms with Gasteiger partial charge in [0.15, 0.2) is 3.95 Å². The number of aryl methyl sites for hydroxylation is 1. The second-order valence-electron chi connectivity index (χ2n) is 5.71. The minimum atomic E-state index is -0.105. The van der Waals surface area contributed by atoms with Gasteiger partial charge in [0, 0.05) is 11.7 Å². The third kappa shape index (κ3) is 2.94. The number of benzene rings is 1. The van der Waals surface area contributed by atoms with E-state index in [2.05, 4.69) is 5.32 Å². The fourth-order valence-electron chi connectivity index (χ4n) is 2.81. The summed E-state index contributed by atoms with van der Waals surface area (Å²) in [5.74, 6) is 0.320. The predicted molar refractivity (Wildman–Crippen MR) is 93.4 cm³/mol. The van der Waals surface area contributed by atoms with E-state index in [0.29, 0.717) is 14.6 Å². The van der Waals surface area contributed by atoms with E-state index in [1.54, 1.807) is 4.57 Å². The molecular weight excluding hydrogens is 314 g/mol. The SMILES string of the molecule is Cc1ccc(-n2c(N)c(C(=O)NC3CCCC3)sc2=S)cc1. The highest BCUT2D eigenvalue weighted by Crippen LogP contribution is 2.27. The van der Waals surface area contributed by atoms with Crippen LogP contribution in [0.4, 0.5) is 5.82 Å². The van der Waals surface area contributed by atoms with Gasteiger partial charge in [0.25, 0.3) is 5.91 Å². The lowest BCUT2D eigenvalue weighted by atomic mass is 10.2. The summed E-state index contributed by atoms with van der Waals surface area (Å²) in [4.78, 5) is 12.9. The molecule has 22 heavy (non-hydrogen) atoms. The minimum Gasteiger partial charge on any atom is -0.383 e. The van der Waals surface area contributed by atoms with Crippen molar-refractivity contribution in [3.05, 3.63) is 38.7 Å². The van der Waals surface area contributed by atoms with Crippen LogP contribution in [-0.4, -0.2) is 16.5 Å². The Hall–Kier alpha value is -1.66. The molecule has 116 valence electrons. The fourth-order valence-corrected chi connectivity index (χ4v) is 4.08. The van der Waals surface area contributed by atoms with E-state index in [0.717, 1.165) is 18.5 Å². The number of anilines is 1. The first-order valence-corrected chi connectivity index (χ1v) is 8.68. The second-order valence-corrected chi connectivity index (χ2v) is 7.35. The molecule has 0 bridgehead atoms. The molecule has 0 saturated heterocycles. The number of carbonyl (C=O) groups is 1. The number of hydrogen-bond acceptors (Lipinski definition) is 4. The van der Waals surface area contributed by atoms with Gasteiger partial charge in [-0.05, 0) is 44.1 Å². The molecule has 6 heteroatoms. The van der Waals surface area contributed by atoms with Crippen LogP contribution in [0, 0.1) is 10.9 Å². The van der Waals surface area contributed by atoms with Gasteiger partial charge in [-0.1, -0.05) is 41.9 Å². The maximum absolute atomic E-state index is 12.4. The first kappa shape index (κ1) is 15.2. The molecular formula is C16H19N3OS2. The lowest BCUT2D eigenvalue weighted by Crippen LogP contribution is -2.32. The Morgan fingerprint density at radius 3 is 2.59 bits per heavy atom. The van der Waals surface area contributed by atoms with Crippen LogP contribution in [0.2, 0.25) is 0 Å².